The maximum absolute atomic E-state index is 10.9. The molecule has 0 bridgehead atoms. The van der Waals surface area contributed by atoms with Gasteiger partial charge >= 0.3 is 5.97 Å². The van der Waals surface area contributed by atoms with Gasteiger partial charge in [-0.05, 0) is 13.8 Å². The molecule has 1 amide bonds. The van der Waals surface area contributed by atoms with Crippen molar-refractivity contribution < 1.29 is 14.7 Å². The average molecular weight is 234 g/mol. The van der Waals surface area contributed by atoms with Gasteiger partial charge in [-0.1, -0.05) is 0 Å². The molecule has 88 valence electrons. The molecule has 0 saturated heterocycles. The second kappa shape index (κ2) is 5.97. The fourth-order valence-electron chi connectivity index (χ4n) is 0.919. The van der Waals surface area contributed by atoms with E-state index in [4.69, 9.17) is 10.8 Å². The highest BCUT2D eigenvalue weighted by Gasteiger charge is 2.32. The summed E-state index contributed by atoms with van der Waals surface area (Å²) in [6, 6.07) is -0.924. The molecule has 0 aromatic carbocycles. The smallest absolute Gasteiger partial charge is 0.321 e. The van der Waals surface area contributed by atoms with E-state index in [-0.39, 0.29) is 5.91 Å². The number of hydrogen-bond donors (Lipinski definition) is 3. The first-order chi connectivity index (χ1) is 6.81. The van der Waals surface area contributed by atoms with Crippen molar-refractivity contribution in [3.63, 3.8) is 0 Å². The summed E-state index contributed by atoms with van der Waals surface area (Å²) in [6.45, 7) is 3.53. The predicted octanol–water partition coefficient (Wildman–Crippen LogP) is 0.0462. The Morgan fingerprint density at radius 1 is 1.53 bits per heavy atom. The van der Waals surface area contributed by atoms with Crippen LogP contribution in [-0.2, 0) is 9.59 Å². The molecule has 1 atom stereocenters. The maximum Gasteiger partial charge on any atom is 0.321 e. The predicted molar refractivity (Wildman–Crippen MR) is 60.8 cm³/mol. The molecule has 0 aliphatic rings. The Labute approximate surface area is 93.8 Å². The van der Waals surface area contributed by atoms with Gasteiger partial charge in [0.25, 0.3) is 0 Å². The lowest BCUT2D eigenvalue weighted by atomic mass is 10.1. The van der Waals surface area contributed by atoms with E-state index in [1.54, 1.807) is 20.9 Å². The van der Waals surface area contributed by atoms with E-state index in [2.05, 4.69) is 5.32 Å². The van der Waals surface area contributed by atoms with Gasteiger partial charge in [0, 0.05) is 24.0 Å². The van der Waals surface area contributed by atoms with Crippen LogP contribution < -0.4 is 11.1 Å². The monoisotopic (exact) mass is 234 g/mol. The minimum atomic E-state index is -1.02. The van der Waals surface area contributed by atoms with Crippen LogP contribution in [0, 0.1) is 0 Å². The Bertz CT molecular complexity index is 244. The molecule has 0 aliphatic carbocycles. The van der Waals surface area contributed by atoms with E-state index in [0.717, 1.165) is 0 Å². The summed E-state index contributed by atoms with van der Waals surface area (Å²) in [7, 11) is 1.57. The second-order valence-electron chi connectivity index (χ2n) is 3.69. The third kappa shape index (κ3) is 5.03. The van der Waals surface area contributed by atoms with Crippen LogP contribution in [0.15, 0.2) is 0 Å². The zero-order valence-electron chi connectivity index (χ0n) is 9.24. The van der Waals surface area contributed by atoms with Crippen molar-refractivity contribution in [1.29, 1.82) is 0 Å². The number of carbonyl (C=O) groups is 2. The third-order valence-corrected chi connectivity index (χ3v) is 3.50. The van der Waals surface area contributed by atoms with Crippen LogP contribution in [0.4, 0.5) is 0 Å². The van der Waals surface area contributed by atoms with Crippen molar-refractivity contribution in [2.75, 3.05) is 12.8 Å². The zero-order valence-corrected chi connectivity index (χ0v) is 10.1. The first-order valence-corrected chi connectivity index (χ1v) is 5.62. The number of nitrogens with two attached hydrogens (primary N) is 1. The van der Waals surface area contributed by atoms with Gasteiger partial charge in [0.05, 0.1) is 0 Å². The molecule has 5 nitrogen and oxygen atoms in total. The topological polar surface area (TPSA) is 92.4 Å². The molecule has 0 heterocycles. The van der Waals surface area contributed by atoms with Gasteiger partial charge in [-0.15, -0.1) is 0 Å². The summed E-state index contributed by atoms with van der Waals surface area (Å²) in [5.41, 5.74) is 5.52. The third-order valence-electron chi connectivity index (χ3n) is 2.10. The Morgan fingerprint density at radius 3 is 2.47 bits per heavy atom. The summed E-state index contributed by atoms with van der Waals surface area (Å²) in [5.74, 6) is -0.511. The minimum absolute atomic E-state index is 0.0535. The lowest BCUT2D eigenvalue weighted by Gasteiger charge is -2.27. The standard InChI is InChI=1S/C9H18N2O3S/c1-9(2,7(10)8(13)14)15-5-4-6(12)11-3/h7H,4-5,10H2,1-3H3,(H,11,12)(H,13,14)/t7-/m0/s1. The van der Waals surface area contributed by atoms with E-state index < -0.39 is 16.8 Å². The van der Waals surface area contributed by atoms with Gasteiger partial charge in [0.15, 0.2) is 0 Å². The normalized spacial score (nSPS) is 13.3. The van der Waals surface area contributed by atoms with Crippen LogP contribution in [0.5, 0.6) is 0 Å². The fraction of sp³-hybridized carbons (Fsp3) is 0.778. The molecule has 15 heavy (non-hydrogen) atoms. The second-order valence-corrected chi connectivity index (χ2v) is 5.44. The number of amides is 1. The number of thioether (sulfide) groups is 1. The summed E-state index contributed by atoms with van der Waals surface area (Å²) in [4.78, 5) is 21.6. The van der Waals surface area contributed by atoms with Gasteiger partial charge in [0.1, 0.15) is 6.04 Å². The number of carbonyl (C=O) groups excluding carboxylic acids is 1. The average Bonchev–Trinajstić information content (AvgIpc) is 2.15. The molecule has 0 unspecified atom stereocenters. The van der Waals surface area contributed by atoms with Crippen molar-refractivity contribution in [3.05, 3.63) is 0 Å². The SMILES string of the molecule is CNC(=O)CCSC(C)(C)[C@@H](N)C(=O)O. The van der Waals surface area contributed by atoms with E-state index in [0.29, 0.717) is 12.2 Å². The quantitative estimate of drug-likeness (QED) is 0.603. The van der Waals surface area contributed by atoms with Crippen LogP contribution >= 0.6 is 11.8 Å². The van der Waals surface area contributed by atoms with Crippen molar-refractivity contribution in [1.82, 2.24) is 5.32 Å². The highest BCUT2D eigenvalue weighted by molar-refractivity contribution is 8.00. The Morgan fingerprint density at radius 2 is 2.07 bits per heavy atom. The van der Waals surface area contributed by atoms with E-state index in [1.807, 2.05) is 0 Å². The van der Waals surface area contributed by atoms with Crippen molar-refractivity contribution in [2.24, 2.45) is 5.73 Å². The number of rotatable bonds is 6. The maximum atomic E-state index is 10.9. The molecule has 0 saturated carbocycles. The number of carboxylic acid groups (broad SMARTS) is 1. The van der Waals surface area contributed by atoms with Crippen molar-refractivity contribution in [2.45, 2.75) is 31.1 Å². The fourth-order valence-corrected chi connectivity index (χ4v) is 2.01. The summed E-state index contributed by atoms with van der Waals surface area (Å²) < 4.78 is -0.570. The van der Waals surface area contributed by atoms with Gasteiger partial charge in [0.2, 0.25) is 5.91 Å². The molecule has 0 aliphatic heterocycles. The largest absolute Gasteiger partial charge is 0.480 e. The Balaban J connectivity index is 4.04. The summed E-state index contributed by atoms with van der Waals surface area (Å²) >= 11 is 1.39. The minimum Gasteiger partial charge on any atom is -0.480 e. The van der Waals surface area contributed by atoms with Crippen molar-refractivity contribution >= 4 is 23.6 Å². The van der Waals surface area contributed by atoms with Gasteiger partial charge < -0.3 is 16.2 Å². The van der Waals surface area contributed by atoms with Crippen LogP contribution in [-0.4, -0.2) is 40.6 Å². The Kier molecular flexibility index (Phi) is 5.67. The van der Waals surface area contributed by atoms with Gasteiger partial charge in [-0.3, -0.25) is 9.59 Å². The van der Waals surface area contributed by atoms with Crippen LogP contribution in [0.25, 0.3) is 0 Å². The molecule has 0 aromatic rings. The molecule has 0 rings (SSSR count). The number of nitrogens with one attached hydrogen (secondary N) is 1. The van der Waals surface area contributed by atoms with Crippen LogP contribution in [0.3, 0.4) is 0 Å². The van der Waals surface area contributed by atoms with Gasteiger partial charge in [-0.25, -0.2) is 0 Å². The lowest BCUT2D eigenvalue weighted by molar-refractivity contribution is -0.139. The molecular formula is C9H18N2O3S. The van der Waals surface area contributed by atoms with Crippen LogP contribution in [0.1, 0.15) is 20.3 Å². The number of hydrogen-bond acceptors (Lipinski definition) is 4. The summed E-state index contributed by atoms with van der Waals surface area (Å²) in [6.07, 6.45) is 0.372. The molecule has 0 aromatic heterocycles. The molecular weight excluding hydrogens is 216 g/mol. The summed E-state index contributed by atoms with van der Waals surface area (Å²) in [5, 5.41) is 11.3. The van der Waals surface area contributed by atoms with E-state index >= 15 is 0 Å². The molecule has 0 radical (unpaired) electrons. The number of carboxylic acids is 1. The first kappa shape index (κ1) is 14.2. The highest BCUT2D eigenvalue weighted by Crippen LogP contribution is 2.27. The molecule has 0 spiro atoms. The van der Waals surface area contributed by atoms with E-state index in [9.17, 15) is 9.59 Å². The van der Waals surface area contributed by atoms with Crippen LogP contribution in [0.2, 0.25) is 0 Å². The lowest BCUT2D eigenvalue weighted by Crippen LogP contribution is -2.47. The highest BCUT2D eigenvalue weighted by atomic mass is 32.2. The number of aliphatic carboxylic acids is 1. The van der Waals surface area contributed by atoms with Crippen molar-refractivity contribution in [3.8, 4) is 0 Å². The van der Waals surface area contributed by atoms with Gasteiger partial charge in [-0.2, -0.15) is 11.8 Å². The first-order valence-electron chi connectivity index (χ1n) is 4.64. The molecule has 6 heteroatoms. The molecule has 0 fully saturated rings. The zero-order chi connectivity index (χ0) is 12.1. The Hall–Kier alpha value is -0.750. The van der Waals surface area contributed by atoms with E-state index in [1.165, 1.54) is 11.8 Å². The molecule has 4 N–H and O–H groups in total.